The number of aromatic nitrogens is 2. The van der Waals surface area contributed by atoms with Gasteiger partial charge in [0.05, 0.1) is 18.2 Å². The zero-order valence-electron chi connectivity index (χ0n) is 16.1. The molecule has 3 aromatic rings. The lowest BCUT2D eigenvalue weighted by atomic mass is 10.0. The summed E-state index contributed by atoms with van der Waals surface area (Å²) in [5, 5.41) is 12.9. The molecule has 1 aromatic heterocycles. The van der Waals surface area contributed by atoms with Gasteiger partial charge in [-0.3, -0.25) is 4.79 Å². The van der Waals surface area contributed by atoms with E-state index in [1.165, 1.54) is 0 Å². The van der Waals surface area contributed by atoms with E-state index in [-0.39, 0.29) is 5.91 Å². The molecule has 0 spiro atoms. The van der Waals surface area contributed by atoms with Gasteiger partial charge in [0.1, 0.15) is 0 Å². The van der Waals surface area contributed by atoms with E-state index in [9.17, 15) is 4.79 Å². The highest BCUT2D eigenvalue weighted by molar-refractivity contribution is 5.95. The van der Waals surface area contributed by atoms with Gasteiger partial charge in [0, 0.05) is 18.5 Å². The molecule has 6 nitrogen and oxygen atoms in total. The SMILES string of the molecule is CCCc1nc(CN(CC)C(=O)c2cccc(-c3ccc(C#N)cc3)c2)no1. The van der Waals surface area contributed by atoms with Crippen LogP contribution in [0.1, 0.15) is 47.9 Å². The molecule has 0 aliphatic rings. The van der Waals surface area contributed by atoms with E-state index in [1.54, 1.807) is 23.1 Å². The fourth-order valence-corrected chi connectivity index (χ4v) is 2.92. The summed E-state index contributed by atoms with van der Waals surface area (Å²) in [4.78, 5) is 19.0. The molecule has 0 unspecified atom stereocenters. The first kappa shape index (κ1) is 19.3. The van der Waals surface area contributed by atoms with Crippen LogP contribution in [0.4, 0.5) is 0 Å². The number of hydrogen-bond acceptors (Lipinski definition) is 5. The highest BCUT2D eigenvalue weighted by Gasteiger charge is 2.18. The molecule has 1 amide bonds. The molecule has 6 heteroatoms. The summed E-state index contributed by atoms with van der Waals surface area (Å²) >= 11 is 0. The summed E-state index contributed by atoms with van der Waals surface area (Å²) in [5.41, 5.74) is 3.09. The maximum Gasteiger partial charge on any atom is 0.254 e. The fourth-order valence-electron chi connectivity index (χ4n) is 2.92. The van der Waals surface area contributed by atoms with Crippen molar-refractivity contribution in [3.8, 4) is 17.2 Å². The Balaban J connectivity index is 1.78. The van der Waals surface area contributed by atoms with Crippen LogP contribution in [-0.4, -0.2) is 27.5 Å². The molecule has 0 bridgehead atoms. The van der Waals surface area contributed by atoms with Gasteiger partial charge >= 0.3 is 0 Å². The quantitative estimate of drug-likeness (QED) is 0.618. The Bertz CT molecular complexity index is 986. The van der Waals surface area contributed by atoms with Crippen molar-refractivity contribution in [1.82, 2.24) is 15.0 Å². The molecule has 142 valence electrons. The molecule has 1 heterocycles. The minimum absolute atomic E-state index is 0.0835. The zero-order valence-corrected chi connectivity index (χ0v) is 16.1. The van der Waals surface area contributed by atoms with E-state index in [4.69, 9.17) is 9.78 Å². The minimum atomic E-state index is -0.0835. The van der Waals surface area contributed by atoms with Gasteiger partial charge in [0.2, 0.25) is 5.89 Å². The predicted molar refractivity (Wildman–Crippen MR) is 105 cm³/mol. The summed E-state index contributed by atoms with van der Waals surface area (Å²) in [7, 11) is 0. The Morgan fingerprint density at radius 3 is 2.61 bits per heavy atom. The molecule has 0 N–H and O–H groups in total. The van der Waals surface area contributed by atoms with Gasteiger partial charge < -0.3 is 9.42 Å². The number of amides is 1. The molecule has 3 rings (SSSR count). The normalized spacial score (nSPS) is 10.5. The van der Waals surface area contributed by atoms with Crippen LogP contribution in [0.5, 0.6) is 0 Å². The molecule has 0 radical (unpaired) electrons. The second kappa shape index (κ2) is 8.96. The second-order valence-corrected chi connectivity index (χ2v) is 6.44. The topological polar surface area (TPSA) is 83.0 Å². The molecule has 0 fully saturated rings. The van der Waals surface area contributed by atoms with Crippen molar-refractivity contribution in [2.75, 3.05) is 6.54 Å². The number of aryl methyl sites for hydroxylation is 1. The third kappa shape index (κ3) is 4.44. The van der Waals surface area contributed by atoms with Gasteiger partial charge in [-0.15, -0.1) is 0 Å². The Morgan fingerprint density at radius 2 is 1.93 bits per heavy atom. The Kier molecular flexibility index (Phi) is 6.18. The lowest BCUT2D eigenvalue weighted by Gasteiger charge is -2.19. The average Bonchev–Trinajstić information content (AvgIpc) is 3.19. The molecule has 0 atom stereocenters. The standard InChI is InChI=1S/C22H22N4O2/c1-3-6-21-24-20(25-28-21)15-26(4-2)22(27)19-8-5-7-18(13-19)17-11-9-16(14-23)10-12-17/h5,7-13H,3-4,6,15H2,1-2H3. The van der Waals surface area contributed by atoms with Crippen LogP contribution in [0.3, 0.4) is 0 Å². The Morgan fingerprint density at radius 1 is 1.14 bits per heavy atom. The highest BCUT2D eigenvalue weighted by Crippen LogP contribution is 2.22. The summed E-state index contributed by atoms with van der Waals surface area (Å²) < 4.78 is 5.21. The molecular formula is C22H22N4O2. The lowest BCUT2D eigenvalue weighted by molar-refractivity contribution is 0.0747. The van der Waals surface area contributed by atoms with Crippen molar-refractivity contribution in [2.45, 2.75) is 33.2 Å². The average molecular weight is 374 g/mol. The first-order chi connectivity index (χ1) is 13.6. The largest absolute Gasteiger partial charge is 0.339 e. The maximum atomic E-state index is 13.0. The number of benzene rings is 2. The second-order valence-electron chi connectivity index (χ2n) is 6.44. The van der Waals surface area contributed by atoms with Crippen LogP contribution >= 0.6 is 0 Å². The van der Waals surface area contributed by atoms with E-state index < -0.39 is 0 Å². The van der Waals surface area contributed by atoms with Crippen molar-refractivity contribution in [1.29, 1.82) is 5.26 Å². The van der Waals surface area contributed by atoms with Crippen LogP contribution in [0.2, 0.25) is 0 Å². The van der Waals surface area contributed by atoms with Gasteiger partial charge in [-0.05, 0) is 48.7 Å². The van der Waals surface area contributed by atoms with Gasteiger partial charge in [0.25, 0.3) is 5.91 Å². The Labute approximate surface area is 164 Å². The van der Waals surface area contributed by atoms with Crippen molar-refractivity contribution in [2.24, 2.45) is 0 Å². The molecule has 0 aliphatic carbocycles. The van der Waals surface area contributed by atoms with Gasteiger partial charge in [-0.25, -0.2) is 0 Å². The summed E-state index contributed by atoms with van der Waals surface area (Å²) in [5.74, 6) is 1.03. The van der Waals surface area contributed by atoms with E-state index in [0.717, 1.165) is 24.0 Å². The predicted octanol–water partition coefficient (Wildman–Crippen LogP) is 4.22. The number of rotatable bonds is 7. The molecule has 2 aromatic carbocycles. The third-order valence-electron chi connectivity index (χ3n) is 4.43. The maximum absolute atomic E-state index is 13.0. The fraction of sp³-hybridized carbons (Fsp3) is 0.273. The third-order valence-corrected chi connectivity index (χ3v) is 4.43. The highest BCUT2D eigenvalue weighted by atomic mass is 16.5. The summed E-state index contributed by atoms with van der Waals surface area (Å²) in [6.45, 7) is 4.82. The van der Waals surface area contributed by atoms with Crippen LogP contribution in [0.25, 0.3) is 11.1 Å². The van der Waals surface area contributed by atoms with Crippen molar-refractivity contribution >= 4 is 5.91 Å². The number of carbonyl (C=O) groups is 1. The number of nitriles is 1. The molecule has 0 saturated carbocycles. The first-order valence-electron chi connectivity index (χ1n) is 9.36. The van der Waals surface area contributed by atoms with Crippen molar-refractivity contribution in [3.05, 3.63) is 71.4 Å². The number of nitrogens with zero attached hydrogens (tertiary/aromatic N) is 4. The monoisotopic (exact) mass is 374 g/mol. The summed E-state index contributed by atoms with van der Waals surface area (Å²) in [6, 6.07) is 16.9. The number of hydrogen-bond donors (Lipinski definition) is 0. The van der Waals surface area contributed by atoms with Crippen LogP contribution < -0.4 is 0 Å². The van der Waals surface area contributed by atoms with E-state index in [2.05, 4.69) is 16.2 Å². The van der Waals surface area contributed by atoms with E-state index in [1.807, 2.05) is 44.2 Å². The smallest absolute Gasteiger partial charge is 0.254 e. The number of carbonyl (C=O) groups excluding carboxylic acids is 1. The van der Waals surface area contributed by atoms with Crippen LogP contribution in [0.15, 0.2) is 53.1 Å². The molecular weight excluding hydrogens is 352 g/mol. The van der Waals surface area contributed by atoms with Crippen molar-refractivity contribution < 1.29 is 9.32 Å². The molecule has 0 aliphatic heterocycles. The minimum Gasteiger partial charge on any atom is -0.339 e. The summed E-state index contributed by atoms with van der Waals surface area (Å²) in [6.07, 6.45) is 1.67. The van der Waals surface area contributed by atoms with Gasteiger partial charge in [0.15, 0.2) is 5.82 Å². The zero-order chi connectivity index (χ0) is 19.9. The van der Waals surface area contributed by atoms with Crippen LogP contribution in [-0.2, 0) is 13.0 Å². The van der Waals surface area contributed by atoms with Gasteiger partial charge in [-0.1, -0.05) is 36.3 Å². The van der Waals surface area contributed by atoms with E-state index >= 15 is 0 Å². The molecule has 28 heavy (non-hydrogen) atoms. The van der Waals surface area contributed by atoms with Crippen LogP contribution in [0, 0.1) is 11.3 Å². The van der Waals surface area contributed by atoms with Gasteiger partial charge in [-0.2, -0.15) is 10.2 Å². The van der Waals surface area contributed by atoms with Crippen molar-refractivity contribution in [3.63, 3.8) is 0 Å². The first-order valence-corrected chi connectivity index (χ1v) is 9.36. The Hall–Kier alpha value is -3.46. The lowest BCUT2D eigenvalue weighted by Crippen LogP contribution is -2.30. The molecule has 0 saturated heterocycles. The van der Waals surface area contributed by atoms with E-state index in [0.29, 0.717) is 35.9 Å².